The Morgan fingerprint density at radius 1 is 0.917 bits per heavy atom. The van der Waals surface area contributed by atoms with Gasteiger partial charge in [-0.2, -0.15) is 0 Å². The molecule has 0 amide bonds. The van der Waals surface area contributed by atoms with Crippen molar-refractivity contribution in [1.82, 2.24) is 0 Å². The molecule has 24 heavy (non-hydrogen) atoms. The summed E-state index contributed by atoms with van der Waals surface area (Å²) in [5.41, 5.74) is 1.94. The maximum atomic E-state index is 11.3. The first-order chi connectivity index (χ1) is 11.7. The van der Waals surface area contributed by atoms with E-state index in [1.54, 1.807) is 12.1 Å². The molecule has 2 rings (SSSR count). The molecule has 2 aromatic rings. The lowest BCUT2D eigenvalue weighted by atomic mass is 10.00. The zero-order chi connectivity index (χ0) is 17.2. The highest BCUT2D eigenvalue weighted by Crippen LogP contribution is 2.26. The van der Waals surface area contributed by atoms with E-state index in [0.29, 0.717) is 5.56 Å². The SMILES string of the molecule is CCCCCCCCOc1ccc(-c2ccccc2C(=O)O)cc1. The standard InChI is InChI=1S/C21H26O3/c1-2-3-4-5-6-9-16-24-18-14-12-17(13-15-18)19-10-7-8-11-20(19)21(22)23/h7-8,10-15H,2-6,9,16H2,1H3,(H,22,23). The number of unbranched alkanes of at least 4 members (excludes halogenated alkanes) is 5. The molecule has 3 heteroatoms. The van der Waals surface area contributed by atoms with E-state index in [2.05, 4.69) is 6.92 Å². The monoisotopic (exact) mass is 326 g/mol. The minimum Gasteiger partial charge on any atom is -0.494 e. The molecular weight excluding hydrogens is 300 g/mol. The van der Waals surface area contributed by atoms with Gasteiger partial charge in [-0.15, -0.1) is 0 Å². The number of aromatic carboxylic acids is 1. The summed E-state index contributed by atoms with van der Waals surface area (Å²) < 4.78 is 5.76. The van der Waals surface area contributed by atoms with Gasteiger partial charge >= 0.3 is 5.97 Å². The Morgan fingerprint density at radius 2 is 1.58 bits per heavy atom. The van der Waals surface area contributed by atoms with Gasteiger partial charge in [0.25, 0.3) is 0 Å². The molecule has 2 aromatic carbocycles. The van der Waals surface area contributed by atoms with E-state index < -0.39 is 5.97 Å². The Bertz CT molecular complexity index is 632. The van der Waals surface area contributed by atoms with Crippen LogP contribution in [0.4, 0.5) is 0 Å². The van der Waals surface area contributed by atoms with Crippen molar-refractivity contribution in [3.8, 4) is 16.9 Å². The zero-order valence-corrected chi connectivity index (χ0v) is 14.3. The predicted molar refractivity (Wildman–Crippen MR) is 97.7 cm³/mol. The van der Waals surface area contributed by atoms with E-state index in [1.807, 2.05) is 36.4 Å². The summed E-state index contributed by atoms with van der Waals surface area (Å²) in [4.78, 5) is 11.3. The number of carbonyl (C=O) groups is 1. The maximum absolute atomic E-state index is 11.3. The van der Waals surface area contributed by atoms with E-state index in [4.69, 9.17) is 4.74 Å². The zero-order valence-electron chi connectivity index (χ0n) is 14.3. The van der Waals surface area contributed by atoms with Gasteiger partial charge in [0.15, 0.2) is 0 Å². The van der Waals surface area contributed by atoms with Gasteiger partial charge in [-0.25, -0.2) is 4.79 Å². The molecule has 0 atom stereocenters. The number of rotatable bonds is 10. The Balaban J connectivity index is 1.86. The number of hydrogen-bond acceptors (Lipinski definition) is 2. The molecule has 0 saturated carbocycles. The topological polar surface area (TPSA) is 46.5 Å². The lowest BCUT2D eigenvalue weighted by Gasteiger charge is -2.09. The Morgan fingerprint density at radius 3 is 2.29 bits per heavy atom. The highest BCUT2D eigenvalue weighted by atomic mass is 16.5. The fourth-order valence-corrected chi connectivity index (χ4v) is 2.72. The van der Waals surface area contributed by atoms with Crippen LogP contribution < -0.4 is 4.74 Å². The summed E-state index contributed by atoms with van der Waals surface area (Å²) in [5, 5.41) is 9.28. The van der Waals surface area contributed by atoms with Crippen molar-refractivity contribution in [2.24, 2.45) is 0 Å². The number of ether oxygens (including phenoxy) is 1. The molecule has 0 aromatic heterocycles. The van der Waals surface area contributed by atoms with E-state index in [0.717, 1.165) is 29.9 Å². The number of carboxylic acids is 1. The van der Waals surface area contributed by atoms with Crippen LogP contribution in [0.2, 0.25) is 0 Å². The summed E-state index contributed by atoms with van der Waals surface area (Å²) in [5.74, 6) is -0.0749. The maximum Gasteiger partial charge on any atom is 0.336 e. The van der Waals surface area contributed by atoms with Crippen LogP contribution >= 0.6 is 0 Å². The molecule has 0 radical (unpaired) electrons. The van der Waals surface area contributed by atoms with Gasteiger partial charge in [0.05, 0.1) is 12.2 Å². The van der Waals surface area contributed by atoms with Gasteiger partial charge in [0.1, 0.15) is 5.75 Å². The summed E-state index contributed by atoms with van der Waals surface area (Å²) in [6, 6.07) is 14.7. The van der Waals surface area contributed by atoms with Crippen molar-refractivity contribution in [1.29, 1.82) is 0 Å². The highest BCUT2D eigenvalue weighted by molar-refractivity contribution is 5.96. The Kier molecular flexibility index (Phi) is 7.34. The summed E-state index contributed by atoms with van der Waals surface area (Å²) in [6.45, 7) is 2.96. The van der Waals surface area contributed by atoms with Gasteiger partial charge in [-0.1, -0.05) is 69.4 Å². The predicted octanol–water partition coefficient (Wildman–Crippen LogP) is 5.79. The van der Waals surface area contributed by atoms with E-state index in [-0.39, 0.29) is 0 Å². The third-order valence-corrected chi connectivity index (χ3v) is 4.09. The lowest BCUT2D eigenvalue weighted by molar-refractivity contribution is 0.0697. The van der Waals surface area contributed by atoms with Crippen LogP contribution in [0, 0.1) is 0 Å². The van der Waals surface area contributed by atoms with Crippen LogP contribution in [0.3, 0.4) is 0 Å². The van der Waals surface area contributed by atoms with Crippen molar-refractivity contribution >= 4 is 5.97 Å². The summed E-state index contributed by atoms with van der Waals surface area (Å²) >= 11 is 0. The van der Waals surface area contributed by atoms with Crippen molar-refractivity contribution < 1.29 is 14.6 Å². The van der Waals surface area contributed by atoms with Crippen LogP contribution in [0.25, 0.3) is 11.1 Å². The van der Waals surface area contributed by atoms with Gasteiger partial charge in [-0.3, -0.25) is 0 Å². The molecule has 3 nitrogen and oxygen atoms in total. The van der Waals surface area contributed by atoms with Gasteiger partial charge in [0.2, 0.25) is 0 Å². The molecule has 1 N–H and O–H groups in total. The Labute approximate surface area is 144 Å². The van der Waals surface area contributed by atoms with Crippen LogP contribution in [-0.2, 0) is 0 Å². The van der Waals surface area contributed by atoms with Crippen molar-refractivity contribution in [2.75, 3.05) is 6.61 Å². The normalized spacial score (nSPS) is 10.5. The molecule has 0 spiro atoms. The highest BCUT2D eigenvalue weighted by Gasteiger charge is 2.10. The first-order valence-corrected chi connectivity index (χ1v) is 8.78. The van der Waals surface area contributed by atoms with Crippen molar-refractivity contribution in [3.05, 3.63) is 54.1 Å². The average molecular weight is 326 g/mol. The first-order valence-electron chi connectivity index (χ1n) is 8.78. The largest absolute Gasteiger partial charge is 0.494 e. The summed E-state index contributed by atoms with van der Waals surface area (Å²) in [6.07, 6.45) is 7.47. The molecular formula is C21H26O3. The molecule has 0 saturated heterocycles. The smallest absolute Gasteiger partial charge is 0.336 e. The van der Waals surface area contributed by atoms with E-state index in [9.17, 15) is 9.90 Å². The molecule has 0 aliphatic heterocycles. The fraction of sp³-hybridized carbons (Fsp3) is 0.381. The second-order valence-corrected chi connectivity index (χ2v) is 5.99. The molecule has 0 bridgehead atoms. The molecule has 0 unspecified atom stereocenters. The molecule has 0 aliphatic rings. The fourth-order valence-electron chi connectivity index (χ4n) is 2.72. The van der Waals surface area contributed by atoms with Crippen LogP contribution in [0.1, 0.15) is 55.8 Å². The van der Waals surface area contributed by atoms with Crippen LogP contribution in [-0.4, -0.2) is 17.7 Å². The molecule has 128 valence electrons. The molecule has 0 heterocycles. The average Bonchev–Trinajstić information content (AvgIpc) is 2.61. The lowest BCUT2D eigenvalue weighted by Crippen LogP contribution is -1.99. The van der Waals surface area contributed by atoms with Crippen molar-refractivity contribution in [2.45, 2.75) is 45.4 Å². The van der Waals surface area contributed by atoms with Gasteiger partial charge < -0.3 is 9.84 Å². The number of benzene rings is 2. The number of hydrogen-bond donors (Lipinski definition) is 1. The minimum absolute atomic E-state index is 0.318. The quantitative estimate of drug-likeness (QED) is 0.562. The third kappa shape index (κ3) is 5.41. The van der Waals surface area contributed by atoms with E-state index in [1.165, 1.54) is 32.1 Å². The molecule has 0 aliphatic carbocycles. The van der Waals surface area contributed by atoms with Crippen LogP contribution in [0.15, 0.2) is 48.5 Å². The minimum atomic E-state index is -0.908. The third-order valence-electron chi connectivity index (χ3n) is 4.09. The van der Waals surface area contributed by atoms with Crippen LogP contribution in [0.5, 0.6) is 5.75 Å². The second-order valence-electron chi connectivity index (χ2n) is 5.99. The second kappa shape index (κ2) is 9.76. The number of carboxylic acid groups (broad SMARTS) is 1. The van der Waals surface area contributed by atoms with Gasteiger partial charge in [0, 0.05) is 0 Å². The van der Waals surface area contributed by atoms with Crippen molar-refractivity contribution in [3.63, 3.8) is 0 Å². The Hall–Kier alpha value is -2.29. The van der Waals surface area contributed by atoms with E-state index >= 15 is 0 Å². The first kappa shape index (κ1) is 18.1. The van der Waals surface area contributed by atoms with Gasteiger partial charge in [-0.05, 0) is 35.7 Å². The molecule has 0 fully saturated rings. The summed E-state index contributed by atoms with van der Waals surface area (Å²) in [7, 11) is 0.